The molecular weight excluding hydrogens is 264 g/mol. The molecule has 4 heteroatoms. The second-order valence-electron chi connectivity index (χ2n) is 7.50. The van der Waals surface area contributed by atoms with Crippen LogP contribution >= 0.6 is 0 Å². The number of hydrogen-bond acceptors (Lipinski definition) is 2. The van der Waals surface area contributed by atoms with Crippen LogP contribution in [0.3, 0.4) is 0 Å². The number of carbonyl (C=O) groups is 2. The Morgan fingerprint density at radius 2 is 1.90 bits per heavy atom. The second-order valence-corrected chi connectivity index (χ2v) is 7.50. The van der Waals surface area contributed by atoms with Crippen LogP contribution in [0.5, 0.6) is 0 Å². The third-order valence-corrected chi connectivity index (χ3v) is 5.11. The van der Waals surface area contributed by atoms with Crippen molar-refractivity contribution in [1.29, 1.82) is 0 Å². The Morgan fingerprint density at radius 1 is 1.24 bits per heavy atom. The zero-order valence-electron chi connectivity index (χ0n) is 13.4. The minimum atomic E-state index is -0.0857. The van der Waals surface area contributed by atoms with Gasteiger partial charge in [0.25, 0.3) is 0 Å². The molecule has 1 atom stereocenters. The van der Waals surface area contributed by atoms with E-state index in [0.29, 0.717) is 31.0 Å². The molecule has 1 saturated heterocycles. The van der Waals surface area contributed by atoms with Gasteiger partial charge in [0.15, 0.2) is 0 Å². The summed E-state index contributed by atoms with van der Waals surface area (Å²) in [5, 5.41) is 0. The fraction of sp³-hybridized carbons (Fsp3) is 0.882. The number of hydrogen-bond donors (Lipinski definition) is 0. The van der Waals surface area contributed by atoms with Gasteiger partial charge in [-0.1, -0.05) is 26.7 Å². The molecule has 4 nitrogen and oxygen atoms in total. The van der Waals surface area contributed by atoms with Crippen LogP contribution in [0.2, 0.25) is 0 Å². The lowest BCUT2D eigenvalue weighted by molar-refractivity contribution is -0.137. The van der Waals surface area contributed by atoms with Gasteiger partial charge in [-0.3, -0.25) is 9.59 Å². The predicted molar refractivity (Wildman–Crippen MR) is 81.6 cm³/mol. The van der Waals surface area contributed by atoms with Crippen LogP contribution < -0.4 is 0 Å². The van der Waals surface area contributed by atoms with Gasteiger partial charge < -0.3 is 9.80 Å². The molecule has 0 aromatic heterocycles. The first-order valence-corrected chi connectivity index (χ1v) is 8.66. The molecule has 1 aliphatic heterocycles. The first-order chi connectivity index (χ1) is 10.1. The Kier molecular flexibility index (Phi) is 4.23. The summed E-state index contributed by atoms with van der Waals surface area (Å²) in [6.45, 7) is 5.84. The smallest absolute Gasteiger partial charge is 0.228 e. The van der Waals surface area contributed by atoms with Crippen molar-refractivity contribution in [2.45, 2.75) is 70.9 Å². The summed E-state index contributed by atoms with van der Waals surface area (Å²) in [7, 11) is 0. The van der Waals surface area contributed by atoms with Crippen molar-refractivity contribution < 1.29 is 9.59 Å². The third-order valence-electron chi connectivity index (χ3n) is 5.11. The minimum Gasteiger partial charge on any atom is -0.339 e. The van der Waals surface area contributed by atoms with Crippen molar-refractivity contribution in [3.63, 3.8) is 0 Å². The quantitative estimate of drug-likeness (QED) is 0.781. The van der Waals surface area contributed by atoms with Gasteiger partial charge in [0.05, 0.1) is 5.92 Å². The number of nitrogens with zero attached hydrogens (tertiary/aromatic N) is 2. The first-order valence-electron chi connectivity index (χ1n) is 8.66. The standard InChI is InChI=1S/C17H28N2O2/c1-12(2)10-19(15-7-8-15)17(21)13-9-16(20)18(11-13)14-5-3-4-6-14/h12-15H,3-11H2,1-2H3. The molecule has 0 N–H and O–H groups in total. The molecule has 0 bridgehead atoms. The average Bonchev–Trinajstić information content (AvgIpc) is 2.98. The fourth-order valence-corrected chi connectivity index (χ4v) is 3.90. The molecular formula is C17H28N2O2. The Bertz CT molecular complexity index is 411. The summed E-state index contributed by atoms with van der Waals surface area (Å²) in [4.78, 5) is 29.2. The number of carbonyl (C=O) groups excluding carboxylic acids is 2. The van der Waals surface area contributed by atoms with E-state index in [2.05, 4.69) is 18.7 Å². The van der Waals surface area contributed by atoms with Crippen LogP contribution in [0.1, 0.15) is 58.8 Å². The number of rotatable bonds is 5. The number of amides is 2. The van der Waals surface area contributed by atoms with E-state index in [9.17, 15) is 9.59 Å². The molecule has 118 valence electrons. The van der Waals surface area contributed by atoms with Crippen LogP contribution in [0.25, 0.3) is 0 Å². The molecule has 0 aromatic carbocycles. The molecule has 3 fully saturated rings. The van der Waals surface area contributed by atoms with Crippen molar-refractivity contribution in [2.24, 2.45) is 11.8 Å². The average molecular weight is 292 g/mol. The highest BCUT2D eigenvalue weighted by atomic mass is 16.2. The van der Waals surface area contributed by atoms with E-state index in [1.54, 1.807) is 0 Å². The van der Waals surface area contributed by atoms with Gasteiger partial charge in [-0.15, -0.1) is 0 Å². The lowest BCUT2D eigenvalue weighted by atomic mass is 10.1. The molecule has 2 saturated carbocycles. The summed E-state index contributed by atoms with van der Waals surface area (Å²) in [5.74, 6) is 0.857. The van der Waals surface area contributed by atoms with E-state index in [4.69, 9.17) is 0 Å². The van der Waals surface area contributed by atoms with Crippen molar-refractivity contribution in [3.8, 4) is 0 Å². The van der Waals surface area contributed by atoms with Crippen molar-refractivity contribution >= 4 is 11.8 Å². The van der Waals surface area contributed by atoms with Crippen molar-refractivity contribution in [1.82, 2.24) is 9.80 Å². The fourth-order valence-electron chi connectivity index (χ4n) is 3.90. The largest absolute Gasteiger partial charge is 0.339 e. The summed E-state index contributed by atoms with van der Waals surface area (Å²) >= 11 is 0. The highest BCUT2D eigenvalue weighted by Gasteiger charge is 2.43. The molecule has 0 radical (unpaired) electrons. The normalized spacial score (nSPS) is 26.9. The lowest BCUT2D eigenvalue weighted by Gasteiger charge is -2.28. The third kappa shape index (κ3) is 3.24. The maximum absolute atomic E-state index is 12.8. The molecule has 0 spiro atoms. The van der Waals surface area contributed by atoms with E-state index < -0.39 is 0 Å². The molecule has 0 aromatic rings. The Morgan fingerprint density at radius 3 is 2.48 bits per heavy atom. The Hall–Kier alpha value is -1.06. The van der Waals surface area contributed by atoms with E-state index in [1.807, 2.05) is 4.90 Å². The van der Waals surface area contributed by atoms with E-state index in [-0.39, 0.29) is 17.7 Å². The van der Waals surface area contributed by atoms with Crippen LogP contribution in [0.4, 0.5) is 0 Å². The van der Waals surface area contributed by atoms with E-state index >= 15 is 0 Å². The molecule has 2 amide bonds. The molecule has 3 rings (SSSR count). The lowest BCUT2D eigenvalue weighted by Crippen LogP contribution is -2.41. The van der Waals surface area contributed by atoms with E-state index in [0.717, 1.165) is 32.2 Å². The van der Waals surface area contributed by atoms with Gasteiger partial charge in [-0.05, 0) is 31.6 Å². The Balaban J connectivity index is 1.63. The molecule has 21 heavy (non-hydrogen) atoms. The van der Waals surface area contributed by atoms with Gasteiger partial charge >= 0.3 is 0 Å². The van der Waals surface area contributed by atoms with Crippen LogP contribution in [0.15, 0.2) is 0 Å². The van der Waals surface area contributed by atoms with Gasteiger partial charge in [-0.2, -0.15) is 0 Å². The summed E-state index contributed by atoms with van der Waals surface area (Å²) in [6, 6.07) is 0.866. The first kappa shape index (κ1) is 14.9. The van der Waals surface area contributed by atoms with Gasteiger partial charge in [0.2, 0.25) is 11.8 Å². The number of likely N-dealkylation sites (tertiary alicyclic amines) is 1. The van der Waals surface area contributed by atoms with Crippen molar-refractivity contribution in [2.75, 3.05) is 13.1 Å². The molecule has 1 heterocycles. The topological polar surface area (TPSA) is 40.6 Å². The van der Waals surface area contributed by atoms with Crippen molar-refractivity contribution in [3.05, 3.63) is 0 Å². The zero-order valence-corrected chi connectivity index (χ0v) is 13.4. The van der Waals surface area contributed by atoms with Gasteiger partial charge in [-0.25, -0.2) is 0 Å². The van der Waals surface area contributed by atoms with E-state index in [1.165, 1.54) is 12.8 Å². The maximum Gasteiger partial charge on any atom is 0.228 e. The van der Waals surface area contributed by atoms with Crippen LogP contribution in [-0.2, 0) is 9.59 Å². The summed E-state index contributed by atoms with van der Waals surface area (Å²) < 4.78 is 0. The molecule has 3 aliphatic rings. The Labute approximate surface area is 127 Å². The highest BCUT2D eigenvalue weighted by Crippen LogP contribution is 2.33. The maximum atomic E-state index is 12.8. The SMILES string of the molecule is CC(C)CN(C(=O)C1CC(=O)N(C2CCCC2)C1)C1CC1. The van der Waals surface area contributed by atoms with Gasteiger partial charge in [0, 0.05) is 31.6 Å². The molecule has 2 aliphatic carbocycles. The zero-order chi connectivity index (χ0) is 15.0. The summed E-state index contributed by atoms with van der Waals surface area (Å²) in [6.07, 6.45) is 7.45. The predicted octanol–water partition coefficient (Wildman–Crippen LogP) is 2.42. The van der Waals surface area contributed by atoms with Gasteiger partial charge in [0.1, 0.15) is 0 Å². The van der Waals surface area contributed by atoms with Crippen LogP contribution in [-0.4, -0.2) is 46.8 Å². The highest BCUT2D eigenvalue weighted by molar-refractivity contribution is 5.89. The van der Waals surface area contributed by atoms with Crippen LogP contribution in [0, 0.1) is 11.8 Å². The molecule has 1 unspecified atom stereocenters. The second kappa shape index (κ2) is 5.98. The summed E-state index contributed by atoms with van der Waals surface area (Å²) in [5.41, 5.74) is 0. The monoisotopic (exact) mass is 292 g/mol. The minimum absolute atomic E-state index is 0.0857.